The number of carbonyl (C=O) groups is 1. The molecule has 2 bridgehead atoms. The SMILES string of the molecule is COc1cccc2c1NC1=C(C(=O)O)[C@H]3C[C@H]4C12CC[N+]4(C)C[C@H]3[C@H](C)O. The number of para-hydroxylation sites is 1. The third-order valence-corrected chi connectivity index (χ3v) is 7.87. The number of aliphatic hydroxyl groups excluding tert-OH is 1. The molecule has 3 N–H and O–H groups in total. The van der Waals surface area contributed by atoms with E-state index >= 15 is 0 Å². The summed E-state index contributed by atoms with van der Waals surface area (Å²) >= 11 is 0. The van der Waals surface area contributed by atoms with E-state index in [0.717, 1.165) is 47.5 Å². The zero-order valence-corrected chi connectivity index (χ0v) is 16.0. The van der Waals surface area contributed by atoms with Crippen LogP contribution in [0.1, 0.15) is 25.3 Å². The second kappa shape index (κ2) is 5.26. The van der Waals surface area contributed by atoms with E-state index < -0.39 is 12.1 Å². The van der Waals surface area contributed by atoms with Gasteiger partial charge in [0.2, 0.25) is 0 Å². The van der Waals surface area contributed by atoms with E-state index in [1.807, 2.05) is 12.1 Å². The van der Waals surface area contributed by atoms with Crippen LogP contribution in [-0.2, 0) is 10.2 Å². The average Bonchev–Trinajstić information content (AvgIpc) is 3.14. The van der Waals surface area contributed by atoms with Crippen molar-refractivity contribution in [3.63, 3.8) is 0 Å². The molecule has 1 aliphatic carbocycles. The molecule has 3 aliphatic heterocycles. The monoisotopic (exact) mass is 371 g/mol. The maximum absolute atomic E-state index is 12.4. The van der Waals surface area contributed by atoms with E-state index in [1.54, 1.807) is 14.0 Å². The molecule has 2 fully saturated rings. The molecular formula is C21H27N2O4+. The number of ether oxygens (including phenoxy) is 1. The fourth-order valence-electron chi connectivity index (χ4n) is 6.74. The van der Waals surface area contributed by atoms with Gasteiger partial charge in [-0.05, 0) is 18.6 Å². The Hall–Kier alpha value is -2.05. The van der Waals surface area contributed by atoms with Crippen LogP contribution in [-0.4, -0.2) is 60.1 Å². The third kappa shape index (κ3) is 1.90. The summed E-state index contributed by atoms with van der Waals surface area (Å²) in [6.45, 7) is 3.63. The van der Waals surface area contributed by atoms with Crippen molar-refractivity contribution < 1.29 is 24.2 Å². The predicted molar refractivity (Wildman–Crippen MR) is 101 cm³/mol. The topological polar surface area (TPSA) is 78.8 Å². The van der Waals surface area contributed by atoms with Crippen LogP contribution in [0.15, 0.2) is 29.5 Å². The highest BCUT2D eigenvalue weighted by molar-refractivity contribution is 5.92. The number of anilines is 1. The first-order chi connectivity index (χ1) is 12.8. The number of quaternary nitrogens is 1. The number of methoxy groups -OCH3 is 1. The Morgan fingerprint density at radius 3 is 2.89 bits per heavy atom. The normalized spacial score (nSPS) is 39.5. The number of benzene rings is 1. The van der Waals surface area contributed by atoms with Gasteiger partial charge in [0, 0.05) is 30.4 Å². The van der Waals surface area contributed by atoms with Gasteiger partial charge in [-0.2, -0.15) is 0 Å². The molecule has 4 aliphatic rings. The Kier molecular flexibility index (Phi) is 3.33. The highest BCUT2D eigenvalue weighted by Crippen LogP contribution is 2.64. The van der Waals surface area contributed by atoms with Crippen LogP contribution < -0.4 is 10.1 Å². The summed E-state index contributed by atoms with van der Waals surface area (Å²) in [4.78, 5) is 12.4. The van der Waals surface area contributed by atoms with Gasteiger partial charge in [0.05, 0.1) is 50.0 Å². The van der Waals surface area contributed by atoms with Gasteiger partial charge >= 0.3 is 5.97 Å². The summed E-state index contributed by atoms with van der Waals surface area (Å²) in [5, 5.41) is 24.1. The molecule has 27 heavy (non-hydrogen) atoms. The van der Waals surface area contributed by atoms with Crippen LogP contribution in [0.5, 0.6) is 5.75 Å². The minimum Gasteiger partial charge on any atom is -0.495 e. The van der Waals surface area contributed by atoms with Gasteiger partial charge in [-0.1, -0.05) is 12.1 Å². The highest BCUT2D eigenvalue weighted by Gasteiger charge is 2.69. The smallest absolute Gasteiger partial charge is 0.333 e. The molecule has 1 spiro atoms. The van der Waals surface area contributed by atoms with Crippen molar-refractivity contribution in [1.82, 2.24) is 0 Å². The molecule has 0 amide bonds. The number of fused-ring (bicyclic) bond motifs is 2. The maximum atomic E-state index is 12.4. The molecule has 0 radical (unpaired) electrons. The zero-order valence-electron chi connectivity index (χ0n) is 16.0. The quantitative estimate of drug-likeness (QED) is 0.708. The van der Waals surface area contributed by atoms with Crippen molar-refractivity contribution in [3.8, 4) is 5.75 Å². The molecule has 0 saturated carbocycles. The first-order valence-electron chi connectivity index (χ1n) is 9.78. The standard InChI is InChI=1S/C21H26N2O4/c1-11(24)13-10-23(2)8-7-21-14-5-4-6-15(27-3)18(14)22-19(21)17(20(25)26)12(13)9-16(21)23/h4-6,11-13,16,22,24H,7-10H2,1-3H3/p+1/t11-,12-,13-,16-,21?,23?/m0/s1. The third-order valence-electron chi connectivity index (χ3n) is 7.87. The van der Waals surface area contributed by atoms with Gasteiger partial charge in [-0.25, -0.2) is 4.79 Å². The molecule has 1 aromatic rings. The lowest BCUT2D eigenvalue weighted by atomic mass is 9.59. The van der Waals surface area contributed by atoms with Crippen molar-refractivity contribution in [2.24, 2.45) is 11.8 Å². The van der Waals surface area contributed by atoms with E-state index in [-0.39, 0.29) is 17.3 Å². The Labute approximate surface area is 159 Å². The summed E-state index contributed by atoms with van der Waals surface area (Å²) < 4.78 is 6.48. The van der Waals surface area contributed by atoms with Gasteiger partial charge < -0.3 is 24.7 Å². The molecule has 1 aromatic carbocycles. The van der Waals surface area contributed by atoms with Crippen molar-refractivity contribution in [2.45, 2.75) is 37.3 Å². The molecule has 5 rings (SSSR count). The second-order valence-corrected chi connectivity index (χ2v) is 8.97. The van der Waals surface area contributed by atoms with E-state index in [0.29, 0.717) is 11.6 Å². The molecule has 6 nitrogen and oxygen atoms in total. The van der Waals surface area contributed by atoms with E-state index in [1.165, 1.54) is 5.56 Å². The van der Waals surface area contributed by atoms with Crippen LogP contribution in [0.3, 0.4) is 0 Å². The average molecular weight is 371 g/mol. The number of nitrogens with zero attached hydrogens (tertiary/aromatic N) is 1. The van der Waals surface area contributed by atoms with Crippen LogP contribution in [0.4, 0.5) is 5.69 Å². The minimum atomic E-state index is -0.860. The van der Waals surface area contributed by atoms with E-state index in [2.05, 4.69) is 18.4 Å². The number of nitrogens with one attached hydrogen (secondary N) is 1. The van der Waals surface area contributed by atoms with Gasteiger partial charge in [0.1, 0.15) is 11.8 Å². The van der Waals surface area contributed by atoms with Gasteiger partial charge in [0.15, 0.2) is 0 Å². The Bertz CT molecular complexity index is 879. The number of aliphatic hydroxyl groups is 1. The second-order valence-electron chi connectivity index (χ2n) is 8.97. The van der Waals surface area contributed by atoms with E-state index in [9.17, 15) is 15.0 Å². The van der Waals surface area contributed by atoms with Gasteiger partial charge in [-0.15, -0.1) is 0 Å². The summed E-state index contributed by atoms with van der Waals surface area (Å²) in [5.74, 6) is -0.252. The van der Waals surface area contributed by atoms with Crippen LogP contribution >= 0.6 is 0 Å². The molecule has 2 saturated heterocycles. The number of hydrogen-bond acceptors (Lipinski definition) is 4. The molecule has 6 atom stereocenters. The van der Waals surface area contributed by atoms with Crippen molar-refractivity contribution in [1.29, 1.82) is 0 Å². The highest BCUT2D eigenvalue weighted by atomic mass is 16.5. The summed E-state index contributed by atoms with van der Waals surface area (Å²) in [6, 6.07) is 6.40. The molecular weight excluding hydrogens is 344 g/mol. The fraction of sp³-hybridized carbons (Fsp3) is 0.571. The molecule has 0 aromatic heterocycles. The van der Waals surface area contributed by atoms with Crippen LogP contribution in [0, 0.1) is 11.8 Å². The van der Waals surface area contributed by atoms with Gasteiger partial charge in [0.25, 0.3) is 0 Å². The maximum Gasteiger partial charge on any atom is 0.333 e. The summed E-state index contributed by atoms with van der Waals surface area (Å²) in [7, 11) is 3.94. The molecule has 2 unspecified atom stereocenters. The Morgan fingerprint density at radius 2 is 2.22 bits per heavy atom. The first kappa shape index (κ1) is 17.1. The number of hydrogen-bond donors (Lipinski definition) is 3. The summed E-state index contributed by atoms with van der Waals surface area (Å²) in [5.41, 5.74) is 3.14. The summed E-state index contributed by atoms with van der Waals surface area (Å²) in [6.07, 6.45) is 1.22. The van der Waals surface area contributed by atoms with Crippen LogP contribution in [0.2, 0.25) is 0 Å². The molecule has 6 heteroatoms. The van der Waals surface area contributed by atoms with Crippen LogP contribution in [0.25, 0.3) is 0 Å². The Morgan fingerprint density at radius 1 is 1.44 bits per heavy atom. The lowest BCUT2D eigenvalue weighted by molar-refractivity contribution is -0.933. The predicted octanol–water partition coefficient (Wildman–Crippen LogP) is 1.95. The lowest BCUT2D eigenvalue weighted by Crippen LogP contribution is -2.65. The number of rotatable bonds is 3. The van der Waals surface area contributed by atoms with Crippen molar-refractivity contribution >= 4 is 11.7 Å². The van der Waals surface area contributed by atoms with Crippen molar-refractivity contribution in [3.05, 3.63) is 35.0 Å². The van der Waals surface area contributed by atoms with Crippen molar-refractivity contribution in [2.75, 3.05) is 32.6 Å². The number of aliphatic carboxylic acids is 1. The lowest BCUT2D eigenvalue weighted by Gasteiger charge is -2.54. The number of likely N-dealkylation sites (N-methyl/N-ethyl adjacent to an activating group) is 1. The number of carboxylic acid groups (broad SMARTS) is 1. The number of piperidine rings is 1. The number of carboxylic acids is 1. The zero-order chi connectivity index (χ0) is 19.1. The molecule has 144 valence electrons. The first-order valence-corrected chi connectivity index (χ1v) is 9.78. The van der Waals surface area contributed by atoms with E-state index in [4.69, 9.17) is 4.74 Å². The minimum absolute atomic E-state index is 0.0339. The fourth-order valence-corrected chi connectivity index (χ4v) is 6.74. The van der Waals surface area contributed by atoms with Gasteiger partial charge in [-0.3, -0.25) is 0 Å². The largest absolute Gasteiger partial charge is 0.495 e. The molecule has 3 heterocycles. The Balaban J connectivity index is 1.82.